The monoisotopic (exact) mass is 609 g/mol. The number of ether oxygens (including phenoxy) is 2. The minimum absolute atomic E-state index is 0.106. The lowest BCUT2D eigenvalue weighted by molar-refractivity contribution is -0.951. The first-order valence-corrected chi connectivity index (χ1v) is 16.3. The zero-order valence-electron chi connectivity index (χ0n) is 23.7. The van der Waals surface area contributed by atoms with E-state index in [1.165, 1.54) is 42.6 Å². The molecule has 0 aromatic heterocycles. The summed E-state index contributed by atoms with van der Waals surface area (Å²) in [6.07, 6.45) is 10.5. The van der Waals surface area contributed by atoms with Gasteiger partial charge < -0.3 is 23.6 Å². The van der Waals surface area contributed by atoms with E-state index >= 15 is 0 Å². The van der Waals surface area contributed by atoms with Crippen molar-refractivity contribution in [3.63, 3.8) is 0 Å². The molecule has 5 aliphatic rings. The number of phenolic OH excluding ortho intramolecular Hbond substituents is 1. The van der Waals surface area contributed by atoms with Crippen LogP contribution in [-0.4, -0.2) is 72.6 Å². The molecule has 1 spiro atoms. The van der Waals surface area contributed by atoms with Crippen molar-refractivity contribution in [3.8, 4) is 11.5 Å². The second kappa shape index (κ2) is 10.4. The molecule has 2 saturated carbocycles. The summed E-state index contributed by atoms with van der Waals surface area (Å²) in [7, 11) is -3.57. The average molecular weight is 610 g/mol. The summed E-state index contributed by atoms with van der Waals surface area (Å²) in [5.41, 5.74) is -1.83. The van der Waals surface area contributed by atoms with Gasteiger partial charge >= 0.3 is 5.51 Å². The predicted molar refractivity (Wildman–Crippen MR) is 148 cm³/mol. The lowest BCUT2D eigenvalue weighted by atomic mass is 9.48. The number of nitrogens with zero attached hydrogens (tertiary/aromatic N) is 1. The third-order valence-electron chi connectivity index (χ3n) is 10.4. The van der Waals surface area contributed by atoms with Crippen LogP contribution < -0.4 is 4.74 Å². The number of hydrogen-bond acceptors (Lipinski definition) is 6. The fourth-order valence-electron chi connectivity index (χ4n) is 8.58. The Hall–Kier alpha value is -2.34. The summed E-state index contributed by atoms with van der Waals surface area (Å²) in [6.45, 7) is 3.29. The van der Waals surface area contributed by atoms with E-state index in [1.54, 1.807) is 0 Å². The predicted octanol–water partition coefficient (Wildman–Crippen LogP) is 5.20. The summed E-state index contributed by atoms with van der Waals surface area (Å²) in [5, 5.41) is 10.8. The first-order valence-electron chi connectivity index (χ1n) is 14.9. The maximum atomic E-state index is 10.8. The number of likely N-dealkylation sites (tertiary alicyclic amines) is 1. The fraction of sp³-hybridized carbons (Fsp3) is 0.613. The molecular formula is C31H38F3NO6S. The minimum atomic E-state index is -6.09. The van der Waals surface area contributed by atoms with E-state index < -0.39 is 15.6 Å². The van der Waals surface area contributed by atoms with Crippen molar-refractivity contribution in [2.24, 2.45) is 5.92 Å². The molecule has 1 saturated heterocycles. The molecule has 0 amide bonds. The lowest BCUT2D eigenvalue weighted by Gasteiger charge is -2.66. The van der Waals surface area contributed by atoms with Crippen molar-refractivity contribution >= 4 is 10.1 Å². The molecule has 11 heteroatoms. The topological polar surface area (TPSA) is 95.9 Å². The molecule has 2 unspecified atom stereocenters. The molecule has 7 nitrogen and oxygen atoms in total. The van der Waals surface area contributed by atoms with Crippen LogP contribution in [0.2, 0.25) is 0 Å². The van der Waals surface area contributed by atoms with E-state index in [0.29, 0.717) is 11.8 Å². The van der Waals surface area contributed by atoms with Crippen LogP contribution in [0.3, 0.4) is 0 Å². The van der Waals surface area contributed by atoms with Crippen molar-refractivity contribution in [2.45, 2.75) is 86.5 Å². The first kappa shape index (κ1) is 29.7. The number of halogens is 3. The Morgan fingerprint density at radius 1 is 1.12 bits per heavy atom. The summed E-state index contributed by atoms with van der Waals surface area (Å²) < 4.78 is 74.0. The van der Waals surface area contributed by atoms with Gasteiger partial charge in [-0.15, -0.1) is 0 Å². The Balaban J connectivity index is 0.000000350. The van der Waals surface area contributed by atoms with Gasteiger partial charge in [0.15, 0.2) is 21.6 Å². The lowest BCUT2D eigenvalue weighted by Crippen LogP contribution is -2.80. The van der Waals surface area contributed by atoms with Crippen LogP contribution in [0.4, 0.5) is 13.2 Å². The number of alkyl halides is 3. The van der Waals surface area contributed by atoms with E-state index in [2.05, 4.69) is 43.4 Å². The van der Waals surface area contributed by atoms with Crippen LogP contribution in [0.15, 0.2) is 42.5 Å². The normalized spacial score (nSPS) is 32.8. The molecule has 2 heterocycles. The van der Waals surface area contributed by atoms with Crippen molar-refractivity contribution in [1.82, 2.24) is 0 Å². The van der Waals surface area contributed by atoms with Crippen LogP contribution in [0, 0.1) is 5.92 Å². The van der Waals surface area contributed by atoms with Gasteiger partial charge in [-0.2, -0.15) is 13.2 Å². The minimum Gasteiger partial charge on any atom is -0.741 e. The van der Waals surface area contributed by atoms with Gasteiger partial charge in [-0.3, -0.25) is 0 Å². The number of benzene rings is 2. The van der Waals surface area contributed by atoms with Crippen LogP contribution >= 0.6 is 0 Å². The van der Waals surface area contributed by atoms with Gasteiger partial charge in [-0.05, 0) is 62.1 Å². The van der Waals surface area contributed by atoms with Gasteiger partial charge in [-0.1, -0.05) is 36.4 Å². The maximum Gasteiger partial charge on any atom is 0.485 e. The number of rotatable bonds is 7. The highest BCUT2D eigenvalue weighted by Gasteiger charge is 2.75. The third-order valence-corrected chi connectivity index (χ3v) is 11.0. The number of quaternary nitrogens is 1. The van der Waals surface area contributed by atoms with Crippen LogP contribution in [0.1, 0.15) is 61.6 Å². The van der Waals surface area contributed by atoms with E-state index in [1.807, 2.05) is 6.07 Å². The molecule has 230 valence electrons. The van der Waals surface area contributed by atoms with Gasteiger partial charge in [-0.25, -0.2) is 8.42 Å². The molecule has 3 aliphatic carbocycles. The summed E-state index contributed by atoms with van der Waals surface area (Å²) in [5.74, 6) is 1.99. The number of aryl methyl sites for hydroxylation is 1. The van der Waals surface area contributed by atoms with Crippen LogP contribution in [-0.2, 0) is 33.1 Å². The Kier molecular flexibility index (Phi) is 7.35. The third kappa shape index (κ3) is 4.80. The maximum absolute atomic E-state index is 10.8. The fourth-order valence-corrected chi connectivity index (χ4v) is 8.58. The van der Waals surface area contributed by atoms with Crippen molar-refractivity contribution in [3.05, 3.63) is 59.2 Å². The van der Waals surface area contributed by atoms with Crippen molar-refractivity contribution in [2.75, 3.05) is 26.7 Å². The molecule has 3 fully saturated rings. The van der Waals surface area contributed by atoms with Gasteiger partial charge in [0.2, 0.25) is 0 Å². The number of hydrogen-bond donors (Lipinski definition) is 1. The molecule has 1 N–H and O–H groups in total. The second-order valence-electron chi connectivity index (χ2n) is 12.9. The Labute approximate surface area is 245 Å². The highest BCUT2D eigenvalue weighted by molar-refractivity contribution is 7.86. The summed E-state index contributed by atoms with van der Waals surface area (Å²) in [4.78, 5) is 0. The molecule has 7 rings (SSSR count). The number of aromatic hydroxyl groups is 1. The molecule has 5 atom stereocenters. The van der Waals surface area contributed by atoms with E-state index in [0.717, 1.165) is 67.7 Å². The highest BCUT2D eigenvalue weighted by atomic mass is 32.2. The molecule has 2 aromatic carbocycles. The second-order valence-corrected chi connectivity index (χ2v) is 14.3. The van der Waals surface area contributed by atoms with Crippen LogP contribution in [0.5, 0.6) is 11.5 Å². The standard InChI is InChI=1S/C30H37NO3.CHF3O3S/c1-31(20-22-11-12-22)17-16-29-26-10-5-15-30(29,33-18-6-9-21-7-3-2-4-8-21)25(31)19-23-13-14-24(32)28(34-26)27(23)29;2-1(3,4)8(5,6)7/h2-4,7-8,13-14,22,25-26H,5-6,9-12,15-20H2,1H3;(H,5,6,7)/t25-,26?,29-,30-,31?;/m1./s1. The number of likely N-dealkylation sites (N-methyl/N-ethyl adjacent to an activating group) is 1. The Morgan fingerprint density at radius 3 is 2.50 bits per heavy atom. The average Bonchev–Trinajstić information content (AvgIpc) is 3.67. The largest absolute Gasteiger partial charge is 0.741 e. The molecular weight excluding hydrogens is 571 g/mol. The number of piperidine rings is 1. The summed E-state index contributed by atoms with van der Waals surface area (Å²) >= 11 is 0. The molecule has 2 aromatic rings. The van der Waals surface area contributed by atoms with E-state index in [-0.39, 0.29) is 17.1 Å². The SMILES string of the molecule is C[N+]1(CC2CC2)CC[C@]23c4c5ccc(O)c4OC2CCC[C@@]3(OCCCc2ccccc2)[C@H]1C5.O=S(=O)([O-])C(F)(F)F. The highest BCUT2D eigenvalue weighted by Crippen LogP contribution is 2.67. The zero-order valence-corrected chi connectivity index (χ0v) is 24.6. The van der Waals surface area contributed by atoms with Crippen LogP contribution in [0.25, 0.3) is 0 Å². The van der Waals surface area contributed by atoms with Crippen molar-refractivity contribution in [1.29, 1.82) is 0 Å². The van der Waals surface area contributed by atoms with Gasteiger partial charge in [0, 0.05) is 30.9 Å². The number of phenols is 1. The zero-order chi connectivity index (χ0) is 30.0. The van der Waals surface area contributed by atoms with E-state index in [4.69, 9.17) is 22.4 Å². The van der Waals surface area contributed by atoms with E-state index in [9.17, 15) is 18.3 Å². The van der Waals surface area contributed by atoms with Gasteiger partial charge in [0.05, 0.1) is 25.6 Å². The van der Waals surface area contributed by atoms with Gasteiger partial charge in [0.25, 0.3) is 0 Å². The molecule has 0 radical (unpaired) electrons. The van der Waals surface area contributed by atoms with Crippen molar-refractivity contribution < 1.29 is 45.2 Å². The summed E-state index contributed by atoms with van der Waals surface area (Å²) in [6, 6.07) is 15.3. The molecule has 42 heavy (non-hydrogen) atoms. The Morgan fingerprint density at radius 2 is 1.83 bits per heavy atom. The quantitative estimate of drug-likeness (QED) is 0.201. The first-order chi connectivity index (χ1) is 19.8. The smallest absolute Gasteiger partial charge is 0.485 e. The van der Waals surface area contributed by atoms with Gasteiger partial charge in [0.1, 0.15) is 17.7 Å². The Bertz CT molecular complexity index is 1430. The molecule has 2 aliphatic heterocycles. The molecule has 2 bridgehead atoms.